The van der Waals surface area contributed by atoms with E-state index in [9.17, 15) is 14.9 Å². The van der Waals surface area contributed by atoms with E-state index in [0.717, 1.165) is 16.6 Å². The van der Waals surface area contributed by atoms with Crippen molar-refractivity contribution in [2.24, 2.45) is 7.05 Å². The lowest BCUT2D eigenvalue weighted by Crippen LogP contribution is -2.30. The third-order valence-corrected chi connectivity index (χ3v) is 4.46. The van der Waals surface area contributed by atoms with Crippen LogP contribution in [0.5, 0.6) is 0 Å². The number of halogens is 1. The van der Waals surface area contributed by atoms with Crippen molar-refractivity contribution >= 4 is 39.8 Å². The number of nitrogens with one attached hydrogen (secondary N) is 2. The first kappa shape index (κ1) is 17.8. The molecule has 8 heteroatoms. The van der Waals surface area contributed by atoms with E-state index in [4.69, 9.17) is 11.6 Å². The van der Waals surface area contributed by atoms with E-state index in [1.165, 1.54) is 12.1 Å². The van der Waals surface area contributed by atoms with Gasteiger partial charge in [0.15, 0.2) is 0 Å². The number of benzene rings is 2. The molecule has 0 aliphatic heterocycles. The van der Waals surface area contributed by atoms with Crippen LogP contribution in [0.4, 0.5) is 11.4 Å². The van der Waals surface area contributed by atoms with Crippen molar-refractivity contribution in [3.8, 4) is 0 Å². The smallest absolute Gasteiger partial charge is 0.269 e. The van der Waals surface area contributed by atoms with Crippen LogP contribution >= 0.6 is 11.6 Å². The number of carbonyl (C=O) groups is 1. The highest BCUT2D eigenvalue weighted by molar-refractivity contribution is 6.38. The number of hydrogen-bond donors (Lipinski definition) is 2. The molecule has 0 aliphatic rings. The van der Waals surface area contributed by atoms with Gasteiger partial charge in [-0.3, -0.25) is 14.9 Å². The molecular formula is C18H17ClN4O3. The lowest BCUT2D eigenvalue weighted by Gasteiger charge is -2.09. The molecule has 0 saturated carbocycles. The van der Waals surface area contributed by atoms with Gasteiger partial charge in [-0.2, -0.15) is 0 Å². The second-order valence-corrected chi connectivity index (χ2v) is 6.10. The molecule has 0 fully saturated rings. The number of para-hydroxylation sites is 1. The number of amides is 1. The molecule has 0 bridgehead atoms. The molecule has 3 aromatic rings. The minimum atomic E-state index is -0.447. The highest BCUT2D eigenvalue weighted by Gasteiger charge is 2.19. The molecule has 0 radical (unpaired) electrons. The van der Waals surface area contributed by atoms with Crippen LogP contribution in [0.1, 0.15) is 10.5 Å². The van der Waals surface area contributed by atoms with Gasteiger partial charge >= 0.3 is 0 Å². The Morgan fingerprint density at radius 2 is 1.85 bits per heavy atom. The van der Waals surface area contributed by atoms with Crippen molar-refractivity contribution in [3.05, 3.63) is 69.4 Å². The van der Waals surface area contributed by atoms with Gasteiger partial charge in [0.25, 0.3) is 11.6 Å². The zero-order valence-corrected chi connectivity index (χ0v) is 14.8. The number of rotatable bonds is 6. The van der Waals surface area contributed by atoms with Crippen LogP contribution in [-0.2, 0) is 7.05 Å². The fourth-order valence-corrected chi connectivity index (χ4v) is 3.14. The first-order chi connectivity index (χ1) is 12.5. The summed E-state index contributed by atoms with van der Waals surface area (Å²) in [5.41, 5.74) is 2.09. The summed E-state index contributed by atoms with van der Waals surface area (Å²) < 4.78 is 1.77. The van der Waals surface area contributed by atoms with E-state index in [2.05, 4.69) is 10.6 Å². The number of aryl methyl sites for hydroxylation is 1. The number of aromatic nitrogens is 1. The molecule has 2 N–H and O–H groups in total. The summed E-state index contributed by atoms with van der Waals surface area (Å²) in [6.45, 7) is 0.860. The molecule has 0 unspecified atom stereocenters. The van der Waals surface area contributed by atoms with E-state index < -0.39 is 4.92 Å². The number of hydrogen-bond acceptors (Lipinski definition) is 4. The molecule has 1 amide bonds. The normalized spacial score (nSPS) is 10.7. The fourth-order valence-electron chi connectivity index (χ4n) is 2.77. The Kier molecular flexibility index (Phi) is 5.09. The predicted molar refractivity (Wildman–Crippen MR) is 102 cm³/mol. The molecule has 0 atom stereocenters. The Bertz CT molecular complexity index is 927. The summed E-state index contributed by atoms with van der Waals surface area (Å²) in [6.07, 6.45) is 0. The molecular weight excluding hydrogens is 356 g/mol. The maximum atomic E-state index is 12.5. The van der Waals surface area contributed by atoms with Gasteiger partial charge < -0.3 is 15.2 Å². The summed E-state index contributed by atoms with van der Waals surface area (Å²) >= 11 is 6.35. The SMILES string of the molecule is Cn1c(C(=O)NCCNc2ccc([N+](=O)[O-])cc2)c(Cl)c2ccccc21. The summed E-state index contributed by atoms with van der Waals surface area (Å²) in [7, 11) is 1.80. The lowest BCUT2D eigenvalue weighted by molar-refractivity contribution is -0.384. The van der Waals surface area contributed by atoms with E-state index in [1.54, 1.807) is 23.7 Å². The van der Waals surface area contributed by atoms with E-state index >= 15 is 0 Å². The number of nitrogens with zero attached hydrogens (tertiary/aromatic N) is 2. The second kappa shape index (κ2) is 7.45. The van der Waals surface area contributed by atoms with Crippen LogP contribution in [0.3, 0.4) is 0 Å². The number of anilines is 1. The predicted octanol–water partition coefficient (Wildman–Crippen LogP) is 3.58. The summed E-state index contributed by atoms with van der Waals surface area (Å²) in [5.74, 6) is -0.251. The van der Waals surface area contributed by atoms with Gasteiger partial charge in [-0.25, -0.2) is 0 Å². The molecule has 7 nitrogen and oxygen atoms in total. The van der Waals surface area contributed by atoms with Crippen LogP contribution in [0, 0.1) is 10.1 Å². The molecule has 1 heterocycles. The Hall–Kier alpha value is -3.06. The molecule has 0 aliphatic carbocycles. The van der Waals surface area contributed by atoms with E-state index in [1.807, 2.05) is 24.3 Å². The number of carbonyl (C=O) groups excluding carboxylic acids is 1. The van der Waals surface area contributed by atoms with Crippen molar-refractivity contribution in [3.63, 3.8) is 0 Å². The number of non-ortho nitro benzene ring substituents is 1. The van der Waals surface area contributed by atoms with E-state index in [-0.39, 0.29) is 11.6 Å². The van der Waals surface area contributed by atoms with Crippen LogP contribution in [0.15, 0.2) is 48.5 Å². The monoisotopic (exact) mass is 372 g/mol. The quantitative estimate of drug-likeness (QED) is 0.393. The molecule has 0 spiro atoms. The first-order valence-corrected chi connectivity index (χ1v) is 8.36. The summed E-state index contributed by atoms with van der Waals surface area (Å²) in [6, 6.07) is 13.7. The third kappa shape index (κ3) is 3.48. The Labute approximate surface area is 154 Å². The topological polar surface area (TPSA) is 89.2 Å². The standard InChI is InChI=1S/C18H17ClN4O3/c1-22-15-5-3-2-4-14(15)16(19)17(22)18(24)21-11-10-20-12-6-8-13(9-7-12)23(25)26/h2-9,20H,10-11H2,1H3,(H,21,24). The maximum absolute atomic E-state index is 12.5. The minimum absolute atomic E-state index is 0.0364. The highest BCUT2D eigenvalue weighted by atomic mass is 35.5. The van der Waals surface area contributed by atoms with Crippen LogP contribution in [-0.4, -0.2) is 28.5 Å². The molecule has 3 rings (SSSR count). The summed E-state index contributed by atoms with van der Waals surface area (Å²) in [5, 5.41) is 17.8. The Balaban J connectivity index is 1.59. The number of fused-ring (bicyclic) bond motifs is 1. The Morgan fingerprint density at radius 3 is 2.50 bits per heavy atom. The average Bonchev–Trinajstić information content (AvgIpc) is 2.90. The molecule has 1 aromatic heterocycles. The van der Waals surface area contributed by atoms with Crippen LogP contribution in [0.25, 0.3) is 10.9 Å². The summed E-state index contributed by atoms with van der Waals surface area (Å²) in [4.78, 5) is 22.6. The Morgan fingerprint density at radius 1 is 1.15 bits per heavy atom. The van der Waals surface area contributed by atoms with Crippen LogP contribution in [0.2, 0.25) is 5.02 Å². The van der Waals surface area contributed by atoms with Gasteiger partial charge in [0, 0.05) is 48.9 Å². The van der Waals surface area contributed by atoms with Crippen molar-refractivity contribution in [2.75, 3.05) is 18.4 Å². The second-order valence-electron chi connectivity index (χ2n) is 5.73. The van der Waals surface area contributed by atoms with Gasteiger partial charge in [0.2, 0.25) is 0 Å². The molecule has 2 aromatic carbocycles. The molecule has 134 valence electrons. The largest absolute Gasteiger partial charge is 0.383 e. The van der Waals surface area contributed by atoms with E-state index in [0.29, 0.717) is 23.8 Å². The van der Waals surface area contributed by atoms with Crippen molar-refractivity contribution in [1.82, 2.24) is 9.88 Å². The molecule has 0 saturated heterocycles. The maximum Gasteiger partial charge on any atom is 0.269 e. The van der Waals surface area contributed by atoms with Crippen LogP contribution < -0.4 is 10.6 Å². The van der Waals surface area contributed by atoms with Gasteiger partial charge in [-0.05, 0) is 18.2 Å². The zero-order chi connectivity index (χ0) is 18.7. The fraction of sp³-hybridized carbons (Fsp3) is 0.167. The first-order valence-electron chi connectivity index (χ1n) is 7.98. The van der Waals surface area contributed by atoms with Crippen molar-refractivity contribution in [1.29, 1.82) is 0 Å². The van der Waals surface area contributed by atoms with Gasteiger partial charge in [0.1, 0.15) is 5.69 Å². The molecule has 26 heavy (non-hydrogen) atoms. The average molecular weight is 373 g/mol. The number of nitro groups is 1. The van der Waals surface area contributed by atoms with Gasteiger partial charge in [0.05, 0.1) is 9.95 Å². The van der Waals surface area contributed by atoms with Gasteiger partial charge in [-0.15, -0.1) is 0 Å². The van der Waals surface area contributed by atoms with Crippen molar-refractivity contribution in [2.45, 2.75) is 0 Å². The van der Waals surface area contributed by atoms with Gasteiger partial charge in [-0.1, -0.05) is 29.8 Å². The lowest BCUT2D eigenvalue weighted by atomic mass is 10.2. The third-order valence-electron chi connectivity index (χ3n) is 4.08. The zero-order valence-electron chi connectivity index (χ0n) is 14.0. The highest BCUT2D eigenvalue weighted by Crippen LogP contribution is 2.29. The number of nitro benzene ring substituents is 1. The minimum Gasteiger partial charge on any atom is -0.383 e. The van der Waals surface area contributed by atoms with Crippen molar-refractivity contribution < 1.29 is 9.72 Å².